The van der Waals surface area contributed by atoms with Crippen LogP contribution in [0.25, 0.3) is 0 Å². The number of rotatable bonds is 11. The van der Waals surface area contributed by atoms with Gasteiger partial charge in [-0.25, -0.2) is 8.42 Å². The van der Waals surface area contributed by atoms with Crippen molar-refractivity contribution in [3.8, 4) is 0 Å². The Bertz CT molecular complexity index is 1390. The average Bonchev–Trinajstić information content (AvgIpc) is 2.90. The van der Waals surface area contributed by atoms with Crippen molar-refractivity contribution in [2.45, 2.75) is 45.2 Å². The smallest absolute Gasteiger partial charge is 0.264 e. The number of anilines is 1. The van der Waals surface area contributed by atoms with Crippen LogP contribution in [0.4, 0.5) is 5.69 Å². The van der Waals surface area contributed by atoms with E-state index in [0.717, 1.165) is 9.87 Å². The van der Waals surface area contributed by atoms with E-state index in [2.05, 4.69) is 5.32 Å². The third-order valence-corrected chi connectivity index (χ3v) is 8.56. The Kier molecular flexibility index (Phi) is 10.4. The molecule has 1 atom stereocenters. The molecule has 0 aliphatic rings. The average molecular weight is 591 g/mol. The normalized spacial score (nSPS) is 12.2. The Morgan fingerprint density at radius 3 is 2.10 bits per heavy atom. The van der Waals surface area contributed by atoms with E-state index in [0.29, 0.717) is 22.2 Å². The molecule has 0 aliphatic heterocycles. The SMILES string of the molecule is Cc1ccc(S(=O)(=O)N(CC(=O)N(Cc2ccccc2Cl)C(C)C(=O)NCC(C)C)c2ccc(Cl)cc2)cc1. The van der Waals surface area contributed by atoms with Crippen molar-refractivity contribution in [1.82, 2.24) is 10.2 Å². The summed E-state index contributed by atoms with van der Waals surface area (Å²) in [5.41, 5.74) is 1.80. The van der Waals surface area contributed by atoms with Crippen molar-refractivity contribution in [3.63, 3.8) is 0 Å². The van der Waals surface area contributed by atoms with Crippen molar-refractivity contribution in [2.24, 2.45) is 5.92 Å². The van der Waals surface area contributed by atoms with Gasteiger partial charge in [-0.1, -0.05) is 72.9 Å². The van der Waals surface area contributed by atoms with Gasteiger partial charge >= 0.3 is 0 Å². The lowest BCUT2D eigenvalue weighted by Gasteiger charge is -2.32. The van der Waals surface area contributed by atoms with Crippen LogP contribution in [-0.4, -0.2) is 44.3 Å². The fourth-order valence-corrected chi connectivity index (χ4v) is 5.55. The molecule has 7 nitrogen and oxygen atoms in total. The number of benzene rings is 3. The molecule has 3 aromatic rings. The van der Waals surface area contributed by atoms with Crippen LogP contribution in [-0.2, 0) is 26.2 Å². The Labute approximate surface area is 240 Å². The van der Waals surface area contributed by atoms with Gasteiger partial charge in [0.1, 0.15) is 12.6 Å². The van der Waals surface area contributed by atoms with E-state index in [1.807, 2.05) is 20.8 Å². The summed E-state index contributed by atoms with van der Waals surface area (Å²) in [6.45, 7) is 7.34. The highest BCUT2D eigenvalue weighted by Crippen LogP contribution is 2.27. The van der Waals surface area contributed by atoms with E-state index in [4.69, 9.17) is 23.2 Å². The van der Waals surface area contributed by atoms with Gasteiger partial charge in [-0.3, -0.25) is 13.9 Å². The van der Waals surface area contributed by atoms with Gasteiger partial charge in [0.15, 0.2) is 0 Å². The van der Waals surface area contributed by atoms with Crippen LogP contribution < -0.4 is 9.62 Å². The van der Waals surface area contributed by atoms with Gasteiger partial charge in [0.25, 0.3) is 10.0 Å². The quantitative estimate of drug-likeness (QED) is 0.311. The molecule has 0 saturated heterocycles. The zero-order chi connectivity index (χ0) is 28.7. The van der Waals surface area contributed by atoms with Crippen LogP contribution in [0.5, 0.6) is 0 Å². The van der Waals surface area contributed by atoms with E-state index in [1.54, 1.807) is 67.6 Å². The zero-order valence-electron chi connectivity index (χ0n) is 22.4. The minimum Gasteiger partial charge on any atom is -0.354 e. The number of aryl methyl sites for hydroxylation is 1. The number of amides is 2. The predicted molar refractivity (Wildman–Crippen MR) is 156 cm³/mol. The molecule has 208 valence electrons. The molecule has 0 bridgehead atoms. The minimum atomic E-state index is -4.14. The molecular weight excluding hydrogens is 557 g/mol. The predicted octanol–water partition coefficient (Wildman–Crippen LogP) is 5.69. The molecule has 3 rings (SSSR count). The monoisotopic (exact) mass is 589 g/mol. The van der Waals surface area contributed by atoms with Crippen molar-refractivity contribution in [1.29, 1.82) is 0 Å². The zero-order valence-corrected chi connectivity index (χ0v) is 24.7. The van der Waals surface area contributed by atoms with Crippen molar-refractivity contribution in [3.05, 3.63) is 94.0 Å². The number of hydrogen-bond donors (Lipinski definition) is 1. The molecule has 1 N–H and O–H groups in total. The van der Waals surface area contributed by atoms with Gasteiger partial charge in [0.05, 0.1) is 10.6 Å². The van der Waals surface area contributed by atoms with E-state index in [1.165, 1.54) is 17.0 Å². The first-order valence-corrected chi connectivity index (χ1v) is 14.7. The third kappa shape index (κ3) is 7.97. The van der Waals surface area contributed by atoms with Crippen molar-refractivity contribution >= 4 is 50.7 Å². The molecule has 0 radical (unpaired) electrons. The maximum Gasteiger partial charge on any atom is 0.264 e. The van der Waals surface area contributed by atoms with Gasteiger partial charge in [-0.15, -0.1) is 0 Å². The topological polar surface area (TPSA) is 86.8 Å². The van der Waals surface area contributed by atoms with Gasteiger partial charge in [-0.2, -0.15) is 0 Å². The van der Waals surface area contributed by atoms with Crippen LogP contribution in [0, 0.1) is 12.8 Å². The van der Waals surface area contributed by atoms with Gasteiger partial charge < -0.3 is 10.2 Å². The standard InChI is InChI=1S/C29H33Cl2N3O4S/c1-20(2)17-32-29(36)22(4)33(18-23-7-5-6-8-27(23)31)28(35)19-34(25-13-11-24(30)12-14-25)39(37,38)26-15-9-21(3)10-16-26/h5-16,20,22H,17-19H2,1-4H3,(H,32,36). The fourth-order valence-electron chi connectivity index (χ4n) is 3.82. The summed E-state index contributed by atoms with van der Waals surface area (Å²) >= 11 is 12.4. The molecule has 0 aliphatic carbocycles. The molecule has 2 amide bonds. The van der Waals surface area contributed by atoms with E-state index >= 15 is 0 Å². The molecule has 0 spiro atoms. The summed E-state index contributed by atoms with van der Waals surface area (Å²) in [6.07, 6.45) is 0. The second-order valence-electron chi connectivity index (χ2n) is 9.73. The van der Waals surface area contributed by atoms with Gasteiger partial charge in [0.2, 0.25) is 11.8 Å². The number of carbonyl (C=O) groups excluding carboxylic acids is 2. The summed E-state index contributed by atoms with van der Waals surface area (Å²) < 4.78 is 28.6. The molecule has 39 heavy (non-hydrogen) atoms. The highest BCUT2D eigenvalue weighted by molar-refractivity contribution is 7.92. The third-order valence-electron chi connectivity index (χ3n) is 6.15. The lowest BCUT2D eigenvalue weighted by molar-refractivity contribution is -0.139. The maximum atomic E-state index is 13.9. The minimum absolute atomic E-state index is 0.0216. The lowest BCUT2D eigenvalue weighted by atomic mass is 10.1. The fraction of sp³-hybridized carbons (Fsp3) is 0.310. The van der Waals surface area contributed by atoms with Gasteiger partial charge in [0, 0.05) is 23.1 Å². The molecular formula is C29H33Cl2N3O4S. The van der Waals surface area contributed by atoms with E-state index < -0.39 is 28.5 Å². The molecule has 10 heteroatoms. The molecule has 3 aromatic carbocycles. The maximum absolute atomic E-state index is 13.9. The number of nitrogens with zero attached hydrogens (tertiary/aromatic N) is 2. The Balaban J connectivity index is 2.01. The summed E-state index contributed by atoms with van der Waals surface area (Å²) in [5.74, 6) is -0.690. The van der Waals surface area contributed by atoms with E-state index in [-0.39, 0.29) is 29.0 Å². The molecule has 0 saturated carbocycles. The van der Waals surface area contributed by atoms with Crippen LogP contribution >= 0.6 is 23.2 Å². The highest BCUT2D eigenvalue weighted by atomic mass is 35.5. The summed E-state index contributed by atoms with van der Waals surface area (Å²) in [5, 5.41) is 3.72. The molecule has 0 heterocycles. The lowest BCUT2D eigenvalue weighted by Crippen LogP contribution is -2.51. The second kappa shape index (κ2) is 13.3. The number of hydrogen-bond acceptors (Lipinski definition) is 4. The largest absolute Gasteiger partial charge is 0.354 e. The summed E-state index contributed by atoms with van der Waals surface area (Å²) in [4.78, 5) is 28.3. The molecule has 0 fully saturated rings. The number of nitrogens with one attached hydrogen (secondary N) is 1. The Morgan fingerprint density at radius 2 is 1.51 bits per heavy atom. The summed E-state index contributed by atoms with van der Waals surface area (Å²) in [7, 11) is -4.14. The highest BCUT2D eigenvalue weighted by Gasteiger charge is 2.32. The van der Waals surface area contributed by atoms with E-state index in [9.17, 15) is 18.0 Å². The first-order valence-electron chi connectivity index (χ1n) is 12.6. The number of carbonyl (C=O) groups is 2. The Morgan fingerprint density at radius 1 is 0.897 bits per heavy atom. The second-order valence-corrected chi connectivity index (χ2v) is 12.4. The number of halogens is 2. The first kappa shape index (κ1) is 30.5. The molecule has 0 aromatic heterocycles. The summed E-state index contributed by atoms with van der Waals surface area (Å²) in [6, 6.07) is 18.7. The van der Waals surface area contributed by atoms with Crippen LogP contribution in [0.15, 0.2) is 77.7 Å². The Hall–Kier alpha value is -3.07. The van der Waals surface area contributed by atoms with Crippen molar-refractivity contribution in [2.75, 3.05) is 17.4 Å². The number of sulfonamides is 1. The first-order chi connectivity index (χ1) is 18.4. The van der Waals surface area contributed by atoms with Crippen LogP contribution in [0.2, 0.25) is 10.0 Å². The van der Waals surface area contributed by atoms with Gasteiger partial charge in [-0.05, 0) is 67.8 Å². The van der Waals surface area contributed by atoms with Crippen LogP contribution in [0.1, 0.15) is 31.9 Å². The van der Waals surface area contributed by atoms with Crippen LogP contribution in [0.3, 0.4) is 0 Å². The van der Waals surface area contributed by atoms with Crippen molar-refractivity contribution < 1.29 is 18.0 Å². The molecule has 1 unspecified atom stereocenters.